The number of nitrogens with zero attached hydrogens (tertiary/aromatic N) is 5. The monoisotopic (exact) mass is 517 g/mol. The predicted molar refractivity (Wildman–Crippen MR) is 144 cm³/mol. The van der Waals surface area contributed by atoms with Crippen LogP contribution in [0.25, 0.3) is 16.9 Å². The first-order valence-electron chi connectivity index (χ1n) is 12.6. The lowest BCUT2D eigenvalue weighted by atomic mass is 9.94. The van der Waals surface area contributed by atoms with Crippen LogP contribution in [0.15, 0.2) is 67.0 Å². The molecule has 0 spiro atoms. The average Bonchev–Trinajstić information content (AvgIpc) is 3.61. The number of hydrogen-bond donors (Lipinski definition) is 2. The molecule has 0 unspecified atom stereocenters. The number of carbonyl (C=O) groups is 1. The highest BCUT2D eigenvalue weighted by Crippen LogP contribution is 2.32. The van der Waals surface area contributed by atoms with Crippen molar-refractivity contribution in [3.8, 4) is 16.9 Å². The summed E-state index contributed by atoms with van der Waals surface area (Å²) in [5.41, 5.74) is 3.81. The lowest BCUT2D eigenvalue weighted by molar-refractivity contribution is 0.159. The van der Waals surface area contributed by atoms with Gasteiger partial charge in [0.15, 0.2) is 0 Å². The zero-order valence-electron chi connectivity index (χ0n) is 21.8. The molecule has 1 saturated heterocycles. The minimum atomic E-state index is -0.372. The summed E-state index contributed by atoms with van der Waals surface area (Å²) in [7, 11) is 3.51. The molecule has 3 heterocycles. The molecular formula is C28H32FN7O2. The second kappa shape index (κ2) is 11.2. The van der Waals surface area contributed by atoms with Gasteiger partial charge in [-0.2, -0.15) is 10.2 Å². The maximum absolute atomic E-state index is 14.7. The van der Waals surface area contributed by atoms with Crippen LogP contribution in [0.5, 0.6) is 0 Å². The van der Waals surface area contributed by atoms with Gasteiger partial charge in [-0.3, -0.25) is 14.9 Å². The maximum Gasteiger partial charge on any atom is 0.320 e. The van der Waals surface area contributed by atoms with Gasteiger partial charge < -0.3 is 10.1 Å². The number of likely N-dealkylation sites (tertiary alicyclic amines) is 1. The van der Waals surface area contributed by atoms with Gasteiger partial charge in [0.2, 0.25) is 0 Å². The van der Waals surface area contributed by atoms with Crippen LogP contribution in [0.2, 0.25) is 0 Å². The van der Waals surface area contributed by atoms with E-state index >= 15 is 0 Å². The molecular weight excluding hydrogens is 485 g/mol. The third-order valence-electron chi connectivity index (χ3n) is 6.96. The normalized spacial score (nSPS) is 17.6. The van der Waals surface area contributed by atoms with Gasteiger partial charge >= 0.3 is 6.03 Å². The van der Waals surface area contributed by atoms with Gasteiger partial charge in [0.25, 0.3) is 0 Å². The molecule has 2 N–H and O–H groups in total. The third-order valence-corrected chi connectivity index (χ3v) is 6.96. The summed E-state index contributed by atoms with van der Waals surface area (Å²) in [6.45, 7) is 4.41. The standard InChI is InChI=1S/C28H32FN7O2/c1-19-26(20-15-30-34(2)16-20)33-36(21-9-5-4-6-10-21)27(19)32-28(37)31-25-18-35(13-14-38-3)17-23(25)22-11-7-8-12-24(22)29/h4-12,15-16,23,25H,13-14,17-18H2,1-3H3,(H2,31,32,37)/t23-,25+/m0/s1. The Hall–Kier alpha value is -4.02. The highest BCUT2D eigenvalue weighted by Gasteiger charge is 2.36. The van der Waals surface area contributed by atoms with Crippen LogP contribution >= 0.6 is 0 Å². The van der Waals surface area contributed by atoms with Crippen molar-refractivity contribution in [1.82, 2.24) is 29.8 Å². The summed E-state index contributed by atoms with van der Waals surface area (Å²) < 4.78 is 23.4. The van der Waals surface area contributed by atoms with E-state index in [-0.39, 0.29) is 23.8 Å². The Balaban J connectivity index is 1.42. The van der Waals surface area contributed by atoms with E-state index in [0.717, 1.165) is 22.5 Å². The Morgan fingerprint density at radius 1 is 1.13 bits per heavy atom. The maximum atomic E-state index is 14.7. The molecule has 1 aliphatic heterocycles. The topological polar surface area (TPSA) is 89.2 Å². The van der Waals surface area contributed by atoms with Gasteiger partial charge in [-0.15, -0.1) is 0 Å². The summed E-state index contributed by atoms with van der Waals surface area (Å²) in [5, 5.41) is 15.2. The summed E-state index contributed by atoms with van der Waals surface area (Å²) in [5.74, 6) is 0.103. The zero-order valence-corrected chi connectivity index (χ0v) is 21.8. The minimum Gasteiger partial charge on any atom is -0.383 e. The molecule has 0 radical (unpaired) electrons. The molecule has 10 heteroatoms. The van der Waals surface area contributed by atoms with Crippen molar-refractivity contribution in [2.75, 3.05) is 38.7 Å². The summed E-state index contributed by atoms with van der Waals surface area (Å²) in [6, 6.07) is 15.8. The van der Waals surface area contributed by atoms with Crippen molar-refractivity contribution in [2.24, 2.45) is 7.05 Å². The number of amides is 2. The quantitative estimate of drug-likeness (QED) is 0.369. The second-order valence-electron chi connectivity index (χ2n) is 9.56. The summed E-state index contributed by atoms with van der Waals surface area (Å²) >= 11 is 0. The number of halogens is 1. The molecule has 2 amide bonds. The number of ether oxygens (including phenoxy) is 1. The Labute approximate surface area is 221 Å². The molecule has 9 nitrogen and oxygen atoms in total. The van der Waals surface area contributed by atoms with Gasteiger partial charge in [0.05, 0.1) is 24.5 Å². The Morgan fingerprint density at radius 2 is 1.89 bits per heavy atom. The van der Waals surface area contributed by atoms with Gasteiger partial charge in [-0.05, 0) is 30.7 Å². The van der Waals surface area contributed by atoms with Crippen molar-refractivity contribution in [3.63, 3.8) is 0 Å². The van der Waals surface area contributed by atoms with E-state index in [9.17, 15) is 9.18 Å². The van der Waals surface area contributed by atoms with Crippen LogP contribution in [-0.4, -0.2) is 69.9 Å². The van der Waals surface area contributed by atoms with Crippen molar-refractivity contribution >= 4 is 11.8 Å². The van der Waals surface area contributed by atoms with Gasteiger partial charge in [0, 0.05) is 57.0 Å². The first-order chi connectivity index (χ1) is 18.4. The molecule has 0 bridgehead atoms. The first kappa shape index (κ1) is 25.6. The predicted octanol–water partition coefficient (Wildman–Crippen LogP) is 3.96. The van der Waals surface area contributed by atoms with Crippen LogP contribution in [0.1, 0.15) is 17.0 Å². The number of aryl methyl sites for hydroxylation is 1. The van der Waals surface area contributed by atoms with E-state index in [1.807, 2.05) is 56.6 Å². The van der Waals surface area contributed by atoms with Crippen LogP contribution in [0.4, 0.5) is 15.0 Å². The Kier molecular flexibility index (Phi) is 7.52. The van der Waals surface area contributed by atoms with E-state index in [1.165, 1.54) is 6.07 Å². The highest BCUT2D eigenvalue weighted by atomic mass is 19.1. The van der Waals surface area contributed by atoms with Crippen molar-refractivity contribution in [2.45, 2.75) is 18.9 Å². The molecule has 2 aromatic heterocycles. The molecule has 2 atom stereocenters. The van der Waals surface area contributed by atoms with E-state index < -0.39 is 0 Å². The number of rotatable bonds is 8. The molecule has 1 aliphatic rings. The van der Waals surface area contributed by atoms with E-state index in [1.54, 1.807) is 34.8 Å². The summed E-state index contributed by atoms with van der Waals surface area (Å²) in [4.78, 5) is 15.6. The van der Waals surface area contributed by atoms with Crippen LogP contribution in [0, 0.1) is 12.7 Å². The number of urea groups is 1. The lowest BCUT2D eigenvalue weighted by Crippen LogP contribution is -2.42. The average molecular weight is 518 g/mol. The molecule has 2 aromatic carbocycles. The van der Waals surface area contributed by atoms with E-state index in [0.29, 0.717) is 37.6 Å². The number of aromatic nitrogens is 4. The molecule has 0 aliphatic carbocycles. The SMILES string of the molecule is COCCN1C[C@@H](NC(=O)Nc2c(C)c(-c3cnn(C)c3)nn2-c2ccccc2)[C@H](c2ccccc2F)C1. The van der Waals surface area contributed by atoms with Crippen LogP contribution < -0.4 is 10.6 Å². The molecule has 1 fully saturated rings. The fraction of sp³-hybridized carbons (Fsp3) is 0.321. The lowest BCUT2D eigenvalue weighted by Gasteiger charge is -2.21. The van der Waals surface area contributed by atoms with Gasteiger partial charge in [-0.1, -0.05) is 36.4 Å². The Bertz CT molecular complexity index is 1400. The highest BCUT2D eigenvalue weighted by molar-refractivity contribution is 5.91. The number of hydrogen-bond acceptors (Lipinski definition) is 5. The number of carbonyl (C=O) groups excluding carboxylic acids is 1. The minimum absolute atomic E-state index is 0.190. The fourth-order valence-electron chi connectivity index (χ4n) is 5.05. The Morgan fingerprint density at radius 3 is 2.61 bits per heavy atom. The van der Waals surface area contributed by atoms with E-state index in [2.05, 4.69) is 20.6 Å². The van der Waals surface area contributed by atoms with Crippen molar-refractivity contribution in [1.29, 1.82) is 0 Å². The third kappa shape index (κ3) is 5.32. The second-order valence-corrected chi connectivity index (χ2v) is 9.56. The summed E-state index contributed by atoms with van der Waals surface area (Å²) in [6.07, 6.45) is 3.64. The molecule has 4 aromatic rings. The van der Waals surface area contributed by atoms with Crippen molar-refractivity contribution in [3.05, 3.63) is 83.9 Å². The van der Waals surface area contributed by atoms with Gasteiger partial charge in [-0.25, -0.2) is 13.9 Å². The van der Waals surface area contributed by atoms with Crippen LogP contribution in [0.3, 0.4) is 0 Å². The molecule has 38 heavy (non-hydrogen) atoms. The largest absolute Gasteiger partial charge is 0.383 e. The number of benzene rings is 2. The van der Waals surface area contributed by atoms with E-state index in [4.69, 9.17) is 9.84 Å². The number of nitrogens with one attached hydrogen (secondary N) is 2. The molecule has 198 valence electrons. The molecule has 5 rings (SSSR count). The molecule has 0 saturated carbocycles. The fourth-order valence-corrected chi connectivity index (χ4v) is 5.05. The van der Waals surface area contributed by atoms with Crippen molar-refractivity contribution < 1.29 is 13.9 Å². The van der Waals surface area contributed by atoms with Gasteiger partial charge in [0.1, 0.15) is 17.3 Å². The number of para-hydroxylation sites is 1. The van der Waals surface area contributed by atoms with Crippen LogP contribution in [-0.2, 0) is 11.8 Å². The zero-order chi connectivity index (χ0) is 26.6. The first-order valence-corrected chi connectivity index (χ1v) is 12.6. The number of anilines is 1. The number of methoxy groups -OCH3 is 1. The smallest absolute Gasteiger partial charge is 0.320 e.